The molecule has 2 aromatic carbocycles. The number of hydrogen-bond donors (Lipinski definition) is 2. The van der Waals surface area contributed by atoms with Gasteiger partial charge in [-0.3, -0.25) is 5.43 Å². The van der Waals surface area contributed by atoms with Gasteiger partial charge in [-0.2, -0.15) is 5.10 Å². The Morgan fingerprint density at radius 2 is 2.08 bits per heavy atom. The molecule has 0 saturated carbocycles. The van der Waals surface area contributed by atoms with Gasteiger partial charge in [-0.25, -0.2) is 4.39 Å². The van der Waals surface area contributed by atoms with E-state index in [-0.39, 0.29) is 12.4 Å². The molecule has 0 saturated heterocycles. The quantitative estimate of drug-likeness (QED) is 0.450. The molecule has 25 heavy (non-hydrogen) atoms. The molecule has 0 unspecified atom stereocenters. The monoisotopic (exact) mass is 361 g/mol. The first kappa shape index (κ1) is 18.7. The summed E-state index contributed by atoms with van der Waals surface area (Å²) in [6.07, 6.45) is 1.63. The summed E-state index contributed by atoms with van der Waals surface area (Å²) >= 11 is 5.02. The van der Waals surface area contributed by atoms with E-state index >= 15 is 0 Å². The Labute approximate surface area is 151 Å². The Kier molecular flexibility index (Phi) is 7.16. The van der Waals surface area contributed by atoms with Crippen molar-refractivity contribution in [2.45, 2.75) is 13.5 Å². The maximum atomic E-state index is 13.2. The van der Waals surface area contributed by atoms with Crippen LogP contribution in [0.3, 0.4) is 0 Å². The van der Waals surface area contributed by atoms with Crippen LogP contribution in [-0.2, 0) is 6.61 Å². The van der Waals surface area contributed by atoms with Crippen LogP contribution in [0.15, 0.2) is 47.6 Å². The van der Waals surface area contributed by atoms with Crippen LogP contribution in [0.4, 0.5) is 4.39 Å². The number of nitrogens with zero attached hydrogens (tertiary/aromatic N) is 1. The zero-order valence-electron chi connectivity index (χ0n) is 14.1. The van der Waals surface area contributed by atoms with Crippen molar-refractivity contribution in [2.75, 3.05) is 13.7 Å². The van der Waals surface area contributed by atoms with Crippen LogP contribution < -0.4 is 20.2 Å². The number of nitrogens with one attached hydrogen (secondary N) is 2. The maximum Gasteiger partial charge on any atom is 0.186 e. The highest BCUT2D eigenvalue weighted by Crippen LogP contribution is 2.28. The molecule has 0 bridgehead atoms. The van der Waals surface area contributed by atoms with E-state index in [0.717, 1.165) is 17.7 Å². The van der Waals surface area contributed by atoms with Crippen LogP contribution in [0.5, 0.6) is 11.5 Å². The molecule has 0 heterocycles. The molecule has 0 atom stereocenters. The summed E-state index contributed by atoms with van der Waals surface area (Å²) in [5.74, 6) is 0.845. The number of methoxy groups -OCH3 is 1. The van der Waals surface area contributed by atoms with Crippen molar-refractivity contribution in [1.82, 2.24) is 10.7 Å². The summed E-state index contributed by atoms with van der Waals surface area (Å²) in [5, 5.41) is 7.45. The van der Waals surface area contributed by atoms with E-state index in [2.05, 4.69) is 15.8 Å². The van der Waals surface area contributed by atoms with Crippen LogP contribution in [-0.4, -0.2) is 25.0 Å². The van der Waals surface area contributed by atoms with Gasteiger partial charge in [-0.1, -0.05) is 12.1 Å². The molecule has 0 spiro atoms. The molecule has 0 fully saturated rings. The van der Waals surface area contributed by atoms with E-state index in [0.29, 0.717) is 16.6 Å². The molecular weight excluding hydrogens is 341 g/mol. The fraction of sp³-hybridized carbons (Fsp3) is 0.222. The van der Waals surface area contributed by atoms with Gasteiger partial charge in [0.1, 0.15) is 12.4 Å². The third kappa shape index (κ3) is 6.04. The second-order valence-corrected chi connectivity index (χ2v) is 5.47. The zero-order chi connectivity index (χ0) is 18.1. The molecule has 2 N–H and O–H groups in total. The van der Waals surface area contributed by atoms with Crippen molar-refractivity contribution in [2.24, 2.45) is 5.10 Å². The number of hydrogen-bond acceptors (Lipinski definition) is 4. The standard InChI is InChI=1S/C18H20FN3O2S/c1-3-20-18(25)22-21-11-13-7-8-16(17(10-13)23-2)24-12-14-5-4-6-15(19)9-14/h4-11H,3,12H2,1-2H3,(H2,20,22,25). The van der Waals surface area contributed by atoms with Gasteiger partial charge >= 0.3 is 0 Å². The first-order chi connectivity index (χ1) is 12.1. The number of benzene rings is 2. The third-order valence-electron chi connectivity index (χ3n) is 3.19. The molecule has 2 rings (SSSR count). The summed E-state index contributed by atoms with van der Waals surface area (Å²) < 4.78 is 24.3. The molecule has 0 aliphatic heterocycles. The summed E-state index contributed by atoms with van der Waals surface area (Å²) in [7, 11) is 1.56. The lowest BCUT2D eigenvalue weighted by Gasteiger charge is -2.11. The second kappa shape index (κ2) is 9.58. The Morgan fingerprint density at radius 3 is 2.80 bits per heavy atom. The molecule has 132 valence electrons. The van der Waals surface area contributed by atoms with Gasteiger partial charge in [0.25, 0.3) is 0 Å². The first-order valence-corrected chi connectivity index (χ1v) is 8.15. The van der Waals surface area contributed by atoms with Crippen LogP contribution in [0, 0.1) is 5.82 Å². The van der Waals surface area contributed by atoms with E-state index in [9.17, 15) is 4.39 Å². The molecular formula is C18H20FN3O2S. The Bertz CT molecular complexity index is 753. The minimum absolute atomic E-state index is 0.250. The van der Waals surface area contributed by atoms with E-state index in [1.807, 2.05) is 13.0 Å². The van der Waals surface area contributed by atoms with Crippen LogP contribution in [0.2, 0.25) is 0 Å². The normalized spacial score (nSPS) is 10.5. The zero-order valence-corrected chi connectivity index (χ0v) is 14.9. The van der Waals surface area contributed by atoms with Gasteiger partial charge in [0, 0.05) is 6.54 Å². The molecule has 0 aliphatic rings. The number of thiocarbonyl (C=S) groups is 1. The number of halogens is 1. The van der Waals surface area contributed by atoms with Crippen molar-refractivity contribution in [3.8, 4) is 11.5 Å². The minimum atomic E-state index is -0.289. The smallest absolute Gasteiger partial charge is 0.186 e. The largest absolute Gasteiger partial charge is 0.493 e. The topological polar surface area (TPSA) is 54.9 Å². The average Bonchev–Trinajstić information content (AvgIpc) is 2.60. The van der Waals surface area contributed by atoms with Crippen LogP contribution >= 0.6 is 12.2 Å². The van der Waals surface area contributed by atoms with E-state index in [4.69, 9.17) is 21.7 Å². The summed E-state index contributed by atoms with van der Waals surface area (Å²) in [6, 6.07) is 11.7. The highest BCUT2D eigenvalue weighted by molar-refractivity contribution is 7.80. The fourth-order valence-electron chi connectivity index (χ4n) is 2.04. The summed E-state index contributed by atoms with van der Waals surface area (Å²) in [6.45, 7) is 2.93. The maximum absolute atomic E-state index is 13.2. The van der Waals surface area contributed by atoms with E-state index < -0.39 is 0 Å². The Hall–Kier alpha value is -2.67. The van der Waals surface area contributed by atoms with E-state index in [1.54, 1.807) is 37.6 Å². The molecule has 2 aromatic rings. The average molecular weight is 361 g/mol. The van der Waals surface area contributed by atoms with Gasteiger partial charge < -0.3 is 14.8 Å². The molecule has 0 radical (unpaired) electrons. The summed E-state index contributed by atoms with van der Waals surface area (Å²) in [4.78, 5) is 0. The lowest BCUT2D eigenvalue weighted by molar-refractivity contribution is 0.284. The van der Waals surface area contributed by atoms with Gasteiger partial charge in [-0.15, -0.1) is 0 Å². The predicted octanol–water partition coefficient (Wildman–Crippen LogP) is 3.23. The molecule has 0 amide bonds. The van der Waals surface area contributed by atoms with Crippen molar-refractivity contribution < 1.29 is 13.9 Å². The van der Waals surface area contributed by atoms with Gasteiger partial charge in [-0.05, 0) is 60.6 Å². The highest BCUT2D eigenvalue weighted by Gasteiger charge is 2.06. The SMILES string of the molecule is CCNC(=S)NN=Cc1ccc(OCc2cccc(F)c2)c(OC)c1. The highest BCUT2D eigenvalue weighted by atomic mass is 32.1. The molecule has 5 nitrogen and oxygen atoms in total. The minimum Gasteiger partial charge on any atom is -0.493 e. The van der Waals surface area contributed by atoms with Crippen molar-refractivity contribution in [3.05, 3.63) is 59.4 Å². The third-order valence-corrected chi connectivity index (χ3v) is 3.42. The van der Waals surface area contributed by atoms with Crippen LogP contribution in [0.1, 0.15) is 18.1 Å². The van der Waals surface area contributed by atoms with Crippen LogP contribution in [0.25, 0.3) is 0 Å². The lowest BCUT2D eigenvalue weighted by Crippen LogP contribution is -2.31. The first-order valence-electron chi connectivity index (χ1n) is 7.74. The summed E-state index contributed by atoms with van der Waals surface area (Å²) in [5.41, 5.74) is 4.28. The fourth-order valence-corrected chi connectivity index (χ4v) is 2.23. The molecule has 0 aliphatic carbocycles. The number of rotatable bonds is 7. The molecule has 7 heteroatoms. The number of ether oxygens (including phenoxy) is 2. The van der Waals surface area contributed by atoms with Gasteiger partial charge in [0.2, 0.25) is 0 Å². The van der Waals surface area contributed by atoms with Gasteiger partial charge in [0.05, 0.1) is 13.3 Å². The Morgan fingerprint density at radius 1 is 1.24 bits per heavy atom. The predicted molar refractivity (Wildman–Crippen MR) is 101 cm³/mol. The molecule has 0 aromatic heterocycles. The second-order valence-electron chi connectivity index (χ2n) is 5.06. The van der Waals surface area contributed by atoms with Crippen molar-refractivity contribution in [3.63, 3.8) is 0 Å². The lowest BCUT2D eigenvalue weighted by atomic mass is 10.2. The number of hydrazone groups is 1. The van der Waals surface area contributed by atoms with Gasteiger partial charge in [0.15, 0.2) is 16.6 Å². The Balaban J connectivity index is 2.01. The van der Waals surface area contributed by atoms with Crippen molar-refractivity contribution >= 4 is 23.5 Å². The van der Waals surface area contributed by atoms with E-state index in [1.165, 1.54) is 12.1 Å². The van der Waals surface area contributed by atoms with Crippen molar-refractivity contribution in [1.29, 1.82) is 0 Å².